The zero-order valence-corrected chi connectivity index (χ0v) is 15.1. The maximum absolute atomic E-state index is 11.4. The van der Waals surface area contributed by atoms with Crippen LogP contribution in [0.15, 0.2) is 64.6 Å². The summed E-state index contributed by atoms with van der Waals surface area (Å²) < 4.78 is 24.6. The lowest BCUT2D eigenvalue weighted by molar-refractivity contribution is 0.215. The standard InChI is InChI=1S/C18H18N4O3S/c1-13-3-5-14(6-4-13)18-11-15(12-20-25-2)21-22(18)16-7-9-17(10-8-16)26(19,23)24/h3-12H,1-2H3,(H2,19,23,24)/b20-12-. The first kappa shape index (κ1) is 17.8. The minimum Gasteiger partial charge on any atom is -0.399 e. The molecule has 0 radical (unpaired) electrons. The van der Waals surface area contributed by atoms with Gasteiger partial charge in [0.15, 0.2) is 0 Å². The van der Waals surface area contributed by atoms with Crippen LogP contribution in [0.5, 0.6) is 0 Å². The number of aryl methyl sites for hydroxylation is 1. The van der Waals surface area contributed by atoms with Crippen molar-refractivity contribution in [1.29, 1.82) is 0 Å². The summed E-state index contributed by atoms with van der Waals surface area (Å²) in [6.07, 6.45) is 1.51. The van der Waals surface area contributed by atoms with Crippen molar-refractivity contribution in [3.05, 3.63) is 65.9 Å². The predicted octanol–water partition coefficient (Wildman–Crippen LogP) is 2.48. The molecule has 0 aliphatic heterocycles. The molecule has 0 fully saturated rings. The molecular formula is C18H18N4O3S. The van der Waals surface area contributed by atoms with Crippen LogP contribution in [-0.2, 0) is 14.9 Å². The van der Waals surface area contributed by atoms with E-state index < -0.39 is 10.0 Å². The quantitative estimate of drug-likeness (QED) is 0.551. The Labute approximate surface area is 151 Å². The fraction of sp³-hybridized carbons (Fsp3) is 0.111. The highest BCUT2D eigenvalue weighted by Crippen LogP contribution is 2.24. The van der Waals surface area contributed by atoms with Gasteiger partial charge in [0, 0.05) is 5.56 Å². The molecule has 2 N–H and O–H groups in total. The average Bonchev–Trinajstić information content (AvgIpc) is 3.04. The van der Waals surface area contributed by atoms with E-state index in [1.165, 1.54) is 25.5 Å². The van der Waals surface area contributed by atoms with Crippen molar-refractivity contribution >= 4 is 16.2 Å². The molecule has 0 spiro atoms. The topological polar surface area (TPSA) is 99.6 Å². The molecule has 0 atom stereocenters. The van der Waals surface area contributed by atoms with E-state index in [2.05, 4.69) is 10.3 Å². The number of hydrogen-bond donors (Lipinski definition) is 1. The van der Waals surface area contributed by atoms with E-state index in [0.29, 0.717) is 11.4 Å². The van der Waals surface area contributed by atoms with Crippen LogP contribution in [0.4, 0.5) is 0 Å². The Kier molecular flexibility index (Phi) is 4.88. The summed E-state index contributed by atoms with van der Waals surface area (Å²) in [6.45, 7) is 2.02. The van der Waals surface area contributed by atoms with Gasteiger partial charge in [0.1, 0.15) is 12.8 Å². The number of rotatable bonds is 5. The van der Waals surface area contributed by atoms with E-state index in [-0.39, 0.29) is 4.90 Å². The summed E-state index contributed by atoms with van der Waals surface area (Å²) in [5, 5.41) is 13.4. The van der Waals surface area contributed by atoms with E-state index >= 15 is 0 Å². The first-order chi connectivity index (χ1) is 12.4. The number of oxime groups is 1. The normalized spacial score (nSPS) is 11.8. The molecule has 26 heavy (non-hydrogen) atoms. The van der Waals surface area contributed by atoms with Crippen molar-refractivity contribution in [3.63, 3.8) is 0 Å². The van der Waals surface area contributed by atoms with Crippen LogP contribution in [0.25, 0.3) is 16.9 Å². The molecule has 3 rings (SSSR count). The van der Waals surface area contributed by atoms with Crippen molar-refractivity contribution in [3.8, 4) is 16.9 Å². The Morgan fingerprint density at radius 1 is 1.12 bits per heavy atom. The number of sulfonamides is 1. The third-order valence-corrected chi connectivity index (χ3v) is 4.71. The molecule has 0 aliphatic carbocycles. The van der Waals surface area contributed by atoms with Crippen molar-refractivity contribution in [2.24, 2.45) is 10.3 Å². The van der Waals surface area contributed by atoms with E-state index in [0.717, 1.165) is 16.8 Å². The van der Waals surface area contributed by atoms with Crippen LogP contribution in [0, 0.1) is 6.92 Å². The second kappa shape index (κ2) is 7.11. The third kappa shape index (κ3) is 3.81. The molecule has 3 aromatic rings. The molecule has 0 unspecified atom stereocenters. The predicted molar refractivity (Wildman–Crippen MR) is 99.7 cm³/mol. The van der Waals surface area contributed by atoms with E-state index in [9.17, 15) is 8.42 Å². The van der Waals surface area contributed by atoms with E-state index in [1.54, 1.807) is 16.8 Å². The summed E-state index contributed by atoms with van der Waals surface area (Å²) in [5.41, 5.74) is 4.27. The largest absolute Gasteiger partial charge is 0.399 e. The van der Waals surface area contributed by atoms with Gasteiger partial charge >= 0.3 is 0 Å². The lowest BCUT2D eigenvalue weighted by Crippen LogP contribution is -2.12. The summed E-state index contributed by atoms with van der Waals surface area (Å²) in [6, 6.07) is 16.1. The van der Waals surface area contributed by atoms with Gasteiger partial charge in [0.2, 0.25) is 10.0 Å². The smallest absolute Gasteiger partial charge is 0.238 e. The van der Waals surface area contributed by atoms with Gasteiger partial charge in [0.05, 0.1) is 22.5 Å². The molecule has 1 heterocycles. The van der Waals surface area contributed by atoms with Crippen molar-refractivity contribution in [2.75, 3.05) is 7.11 Å². The number of benzene rings is 2. The highest BCUT2D eigenvalue weighted by Gasteiger charge is 2.13. The molecule has 7 nitrogen and oxygen atoms in total. The monoisotopic (exact) mass is 370 g/mol. The maximum Gasteiger partial charge on any atom is 0.238 e. The number of aromatic nitrogens is 2. The fourth-order valence-electron chi connectivity index (χ4n) is 2.47. The van der Waals surface area contributed by atoms with E-state index in [4.69, 9.17) is 9.98 Å². The summed E-state index contributed by atoms with van der Waals surface area (Å²) in [7, 11) is -2.28. The maximum atomic E-state index is 11.4. The molecule has 0 saturated heterocycles. The van der Waals surface area contributed by atoms with Crippen molar-refractivity contribution in [1.82, 2.24) is 9.78 Å². The van der Waals surface area contributed by atoms with Gasteiger partial charge < -0.3 is 4.84 Å². The van der Waals surface area contributed by atoms with Crippen LogP contribution in [0.3, 0.4) is 0 Å². The SMILES string of the molecule is CO/N=C\c1cc(-c2ccc(C)cc2)n(-c2ccc(S(N)(=O)=O)cc2)n1. The second-order valence-corrected chi connectivity index (χ2v) is 7.25. The Morgan fingerprint density at radius 2 is 1.77 bits per heavy atom. The lowest BCUT2D eigenvalue weighted by atomic mass is 10.1. The zero-order chi connectivity index (χ0) is 18.7. The second-order valence-electron chi connectivity index (χ2n) is 5.69. The minimum absolute atomic E-state index is 0.0476. The molecule has 2 aromatic carbocycles. The summed E-state index contributed by atoms with van der Waals surface area (Å²) in [5.74, 6) is 0. The fourth-order valence-corrected chi connectivity index (χ4v) is 2.99. The van der Waals surface area contributed by atoms with Crippen molar-refractivity contribution < 1.29 is 13.3 Å². The van der Waals surface area contributed by atoms with Crippen LogP contribution >= 0.6 is 0 Å². The Morgan fingerprint density at radius 3 is 2.35 bits per heavy atom. The Bertz CT molecular complexity index is 1040. The zero-order valence-electron chi connectivity index (χ0n) is 14.3. The Hall–Kier alpha value is -2.97. The average molecular weight is 370 g/mol. The Balaban J connectivity index is 2.11. The molecule has 1 aromatic heterocycles. The van der Waals surface area contributed by atoms with Crippen LogP contribution in [-0.4, -0.2) is 31.5 Å². The summed E-state index contributed by atoms with van der Waals surface area (Å²) in [4.78, 5) is 4.76. The van der Waals surface area contributed by atoms with Crippen LogP contribution in [0.2, 0.25) is 0 Å². The molecule has 0 bridgehead atoms. The number of primary sulfonamides is 1. The number of hydrogen-bond acceptors (Lipinski definition) is 5. The van der Waals surface area contributed by atoms with Gasteiger partial charge in [0.25, 0.3) is 0 Å². The summed E-state index contributed by atoms with van der Waals surface area (Å²) >= 11 is 0. The molecular weight excluding hydrogens is 352 g/mol. The van der Waals surface area contributed by atoms with Crippen LogP contribution in [0.1, 0.15) is 11.3 Å². The van der Waals surface area contributed by atoms with Gasteiger partial charge in [-0.2, -0.15) is 5.10 Å². The highest BCUT2D eigenvalue weighted by atomic mass is 32.2. The van der Waals surface area contributed by atoms with Gasteiger partial charge in [-0.1, -0.05) is 35.0 Å². The van der Waals surface area contributed by atoms with Crippen molar-refractivity contribution in [2.45, 2.75) is 11.8 Å². The van der Waals surface area contributed by atoms with Gasteiger partial charge in [-0.15, -0.1) is 0 Å². The lowest BCUT2D eigenvalue weighted by Gasteiger charge is -2.08. The van der Waals surface area contributed by atoms with Gasteiger partial charge in [-0.3, -0.25) is 0 Å². The van der Waals surface area contributed by atoms with Crippen LogP contribution < -0.4 is 5.14 Å². The molecule has 0 saturated carbocycles. The number of nitrogens with two attached hydrogens (primary N) is 1. The van der Waals surface area contributed by atoms with E-state index in [1.807, 2.05) is 37.3 Å². The number of nitrogens with zero attached hydrogens (tertiary/aromatic N) is 3. The van der Waals surface area contributed by atoms with Gasteiger partial charge in [-0.25, -0.2) is 18.2 Å². The molecule has 0 aliphatic rings. The highest BCUT2D eigenvalue weighted by molar-refractivity contribution is 7.89. The first-order valence-corrected chi connectivity index (χ1v) is 9.30. The third-order valence-electron chi connectivity index (χ3n) is 3.78. The molecule has 134 valence electrons. The van der Waals surface area contributed by atoms with Gasteiger partial charge in [-0.05, 0) is 37.3 Å². The molecule has 0 amide bonds. The minimum atomic E-state index is -3.74. The first-order valence-electron chi connectivity index (χ1n) is 7.75. The molecule has 8 heteroatoms.